The van der Waals surface area contributed by atoms with E-state index < -0.39 is 12.0 Å². The standard InChI is InChI=1S/C34H31N3O3S/c1-5-40-33(39)30-23(4)35-34-37(31(30)25-15-13-21(2)14-16-25)32(38)29(41-34)18-26-20-36(28-12-7-6-11-27(26)28)19-24-10-8-9-22(3)17-24/h6-18,20,31H,5,19H2,1-4H3/b29-18+/t31-/m1/s1. The number of carbonyl (C=O) groups excluding carboxylic acids is 1. The van der Waals surface area contributed by atoms with Crippen molar-refractivity contribution in [2.24, 2.45) is 4.99 Å². The maximum Gasteiger partial charge on any atom is 0.338 e. The van der Waals surface area contributed by atoms with Crippen LogP contribution in [0.4, 0.5) is 0 Å². The topological polar surface area (TPSA) is 65.6 Å². The van der Waals surface area contributed by atoms with E-state index in [0.29, 0.717) is 20.6 Å². The zero-order valence-corrected chi connectivity index (χ0v) is 24.4. The minimum absolute atomic E-state index is 0.177. The summed E-state index contributed by atoms with van der Waals surface area (Å²) >= 11 is 1.35. The number of carbonyl (C=O) groups is 1. The normalized spacial score (nSPS) is 15.2. The van der Waals surface area contributed by atoms with Gasteiger partial charge in [0.25, 0.3) is 5.56 Å². The smallest absolute Gasteiger partial charge is 0.338 e. The van der Waals surface area contributed by atoms with Gasteiger partial charge in [-0.2, -0.15) is 0 Å². The number of hydrogen-bond acceptors (Lipinski definition) is 5. The molecule has 0 amide bonds. The van der Waals surface area contributed by atoms with Crippen LogP contribution in [0.1, 0.15) is 47.7 Å². The summed E-state index contributed by atoms with van der Waals surface area (Å²) in [6.07, 6.45) is 4.06. The lowest BCUT2D eigenvalue weighted by molar-refractivity contribution is -0.139. The summed E-state index contributed by atoms with van der Waals surface area (Å²) in [5.41, 5.74) is 7.23. The molecule has 41 heavy (non-hydrogen) atoms. The molecule has 0 fully saturated rings. The van der Waals surface area contributed by atoms with Crippen LogP contribution >= 0.6 is 11.3 Å². The van der Waals surface area contributed by atoms with Crippen LogP contribution in [0.5, 0.6) is 0 Å². The quantitative estimate of drug-likeness (QED) is 0.260. The fraction of sp³-hybridized carbons (Fsp3) is 0.206. The van der Waals surface area contributed by atoms with Crippen molar-refractivity contribution in [1.29, 1.82) is 0 Å². The Morgan fingerprint density at radius 2 is 1.78 bits per heavy atom. The number of esters is 1. The van der Waals surface area contributed by atoms with E-state index in [0.717, 1.165) is 34.1 Å². The highest BCUT2D eigenvalue weighted by atomic mass is 32.1. The molecule has 2 aromatic heterocycles. The third kappa shape index (κ3) is 4.98. The zero-order valence-electron chi connectivity index (χ0n) is 23.5. The van der Waals surface area contributed by atoms with Crippen molar-refractivity contribution in [3.8, 4) is 0 Å². The molecule has 0 saturated carbocycles. The molecule has 0 saturated heterocycles. The minimum atomic E-state index is -0.615. The van der Waals surface area contributed by atoms with Crippen molar-refractivity contribution in [1.82, 2.24) is 9.13 Å². The maximum absolute atomic E-state index is 14.1. The Hall–Kier alpha value is -4.49. The Bertz CT molecular complexity index is 2010. The van der Waals surface area contributed by atoms with Gasteiger partial charge >= 0.3 is 5.97 Å². The molecule has 7 heteroatoms. The van der Waals surface area contributed by atoms with Crippen molar-refractivity contribution in [2.75, 3.05) is 6.61 Å². The molecule has 6 nitrogen and oxygen atoms in total. The number of nitrogens with zero attached hydrogens (tertiary/aromatic N) is 3. The van der Waals surface area contributed by atoms with Gasteiger partial charge in [-0.1, -0.05) is 89.2 Å². The van der Waals surface area contributed by atoms with Gasteiger partial charge in [0.05, 0.1) is 28.5 Å². The molecular formula is C34H31N3O3S. The van der Waals surface area contributed by atoms with Crippen molar-refractivity contribution in [3.63, 3.8) is 0 Å². The average molecular weight is 562 g/mol. The summed E-state index contributed by atoms with van der Waals surface area (Å²) in [6, 6.07) is 24.1. The molecule has 0 aliphatic carbocycles. The first-order valence-corrected chi connectivity index (χ1v) is 14.6. The highest BCUT2D eigenvalue weighted by molar-refractivity contribution is 7.07. The minimum Gasteiger partial charge on any atom is -0.463 e. The second-order valence-electron chi connectivity index (χ2n) is 10.4. The Morgan fingerprint density at radius 3 is 2.54 bits per heavy atom. The molecular weight excluding hydrogens is 530 g/mol. The number of ether oxygens (including phenoxy) is 1. The summed E-state index contributed by atoms with van der Waals surface area (Å²) in [6.45, 7) is 8.67. The first-order chi connectivity index (χ1) is 19.8. The SMILES string of the molecule is CCOC(=O)C1=C(C)N=c2s/c(=C/c3cn(Cc4cccc(C)c4)c4ccccc34)c(=O)n2[C@@H]1c1ccc(C)cc1. The number of aromatic nitrogens is 2. The van der Waals surface area contributed by atoms with Gasteiger partial charge in [0.1, 0.15) is 0 Å². The largest absolute Gasteiger partial charge is 0.463 e. The number of hydrogen-bond donors (Lipinski definition) is 0. The molecule has 0 radical (unpaired) electrons. The van der Waals surface area contributed by atoms with E-state index >= 15 is 0 Å². The van der Waals surface area contributed by atoms with E-state index in [4.69, 9.17) is 9.73 Å². The lowest BCUT2D eigenvalue weighted by Crippen LogP contribution is -2.39. The molecule has 3 aromatic carbocycles. The summed E-state index contributed by atoms with van der Waals surface area (Å²) in [4.78, 5) is 32.5. The van der Waals surface area contributed by atoms with Gasteiger partial charge in [-0.15, -0.1) is 0 Å². The van der Waals surface area contributed by atoms with E-state index in [-0.39, 0.29) is 12.2 Å². The van der Waals surface area contributed by atoms with Gasteiger partial charge < -0.3 is 9.30 Å². The summed E-state index contributed by atoms with van der Waals surface area (Å²) in [7, 11) is 0. The number of thiazole rings is 1. The van der Waals surface area contributed by atoms with Gasteiger partial charge in [0.2, 0.25) is 0 Å². The van der Waals surface area contributed by atoms with E-state index in [2.05, 4.69) is 54.1 Å². The van der Waals surface area contributed by atoms with Gasteiger partial charge in [0.15, 0.2) is 4.80 Å². The zero-order chi connectivity index (χ0) is 28.7. The first-order valence-electron chi connectivity index (χ1n) is 13.7. The Kier molecular flexibility index (Phi) is 7.05. The molecule has 0 bridgehead atoms. The third-order valence-electron chi connectivity index (χ3n) is 7.45. The van der Waals surface area contributed by atoms with Gasteiger partial charge in [-0.05, 0) is 51.0 Å². The van der Waals surface area contributed by atoms with Gasteiger partial charge in [0, 0.05) is 29.2 Å². The van der Waals surface area contributed by atoms with Crippen LogP contribution in [0.15, 0.2) is 100 Å². The monoisotopic (exact) mass is 561 g/mol. The maximum atomic E-state index is 14.1. The molecule has 0 N–H and O–H groups in total. The Labute approximate surface area is 242 Å². The average Bonchev–Trinajstić information content (AvgIpc) is 3.45. The fourth-order valence-corrected chi connectivity index (χ4v) is 6.56. The van der Waals surface area contributed by atoms with E-state index in [9.17, 15) is 9.59 Å². The lowest BCUT2D eigenvalue weighted by Gasteiger charge is -2.24. The van der Waals surface area contributed by atoms with E-state index in [1.165, 1.54) is 22.5 Å². The molecule has 0 unspecified atom stereocenters. The van der Waals surface area contributed by atoms with Crippen LogP contribution in [-0.2, 0) is 16.1 Å². The molecule has 206 valence electrons. The summed E-state index contributed by atoms with van der Waals surface area (Å²) in [5, 5.41) is 1.07. The third-order valence-corrected chi connectivity index (χ3v) is 8.43. The van der Waals surface area contributed by atoms with Crippen molar-refractivity contribution in [2.45, 2.75) is 40.3 Å². The fourth-order valence-electron chi connectivity index (χ4n) is 5.53. The number of benzene rings is 3. The molecule has 1 atom stereocenters. The summed E-state index contributed by atoms with van der Waals surface area (Å²) in [5.74, 6) is -0.451. The van der Waals surface area contributed by atoms with Crippen LogP contribution in [0.3, 0.4) is 0 Å². The first kappa shape index (κ1) is 26.7. The van der Waals surface area contributed by atoms with Crippen LogP contribution < -0.4 is 14.9 Å². The van der Waals surface area contributed by atoms with Crippen LogP contribution in [0, 0.1) is 13.8 Å². The molecule has 1 aliphatic heterocycles. The number of allylic oxidation sites excluding steroid dienone is 1. The van der Waals surface area contributed by atoms with Gasteiger partial charge in [-0.3, -0.25) is 9.36 Å². The second-order valence-corrected chi connectivity index (χ2v) is 11.4. The van der Waals surface area contributed by atoms with E-state index in [1.54, 1.807) is 11.5 Å². The molecule has 5 aromatic rings. The van der Waals surface area contributed by atoms with Crippen LogP contribution in [-0.4, -0.2) is 21.7 Å². The predicted octanol–water partition coefficient (Wildman–Crippen LogP) is 5.42. The van der Waals surface area contributed by atoms with Crippen LogP contribution in [0.2, 0.25) is 0 Å². The van der Waals surface area contributed by atoms with Crippen molar-refractivity contribution >= 4 is 34.3 Å². The van der Waals surface area contributed by atoms with Crippen molar-refractivity contribution in [3.05, 3.63) is 138 Å². The summed E-state index contributed by atoms with van der Waals surface area (Å²) < 4.78 is 9.85. The number of rotatable bonds is 6. The molecule has 6 rings (SSSR count). The number of para-hydroxylation sites is 1. The second kappa shape index (κ2) is 10.8. The Balaban J connectivity index is 1.51. The highest BCUT2D eigenvalue weighted by Crippen LogP contribution is 2.31. The van der Waals surface area contributed by atoms with Gasteiger partial charge in [-0.25, -0.2) is 9.79 Å². The predicted molar refractivity (Wildman–Crippen MR) is 164 cm³/mol. The lowest BCUT2D eigenvalue weighted by atomic mass is 9.95. The Morgan fingerprint density at radius 1 is 1.00 bits per heavy atom. The van der Waals surface area contributed by atoms with Crippen LogP contribution in [0.25, 0.3) is 17.0 Å². The number of aryl methyl sites for hydroxylation is 2. The molecule has 1 aliphatic rings. The van der Waals surface area contributed by atoms with Crippen molar-refractivity contribution < 1.29 is 9.53 Å². The molecule has 0 spiro atoms. The highest BCUT2D eigenvalue weighted by Gasteiger charge is 2.33. The number of fused-ring (bicyclic) bond motifs is 2. The van der Waals surface area contributed by atoms with E-state index in [1.807, 2.05) is 56.3 Å². The molecule has 3 heterocycles.